The summed E-state index contributed by atoms with van der Waals surface area (Å²) in [7, 11) is 0. The second-order valence-corrected chi connectivity index (χ2v) is 8.85. The van der Waals surface area contributed by atoms with Crippen LogP contribution in [-0.2, 0) is 4.74 Å². The Morgan fingerprint density at radius 1 is 1.32 bits per heavy atom. The maximum Gasteiger partial charge on any atom is 0.408 e. The van der Waals surface area contributed by atoms with Crippen LogP contribution in [0.4, 0.5) is 4.79 Å². The van der Waals surface area contributed by atoms with E-state index < -0.39 is 5.60 Å². The Kier molecular flexibility index (Phi) is 5.10. The Hall–Kier alpha value is -1.55. The van der Waals surface area contributed by atoms with E-state index in [9.17, 15) is 4.79 Å². The molecule has 1 amide bonds. The predicted molar refractivity (Wildman–Crippen MR) is 100 cm³/mol. The lowest BCUT2D eigenvalue weighted by atomic mass is 9.97. The molecule has 4 nitrogen and oxygen atoms in total. The van der Waals surface area contributed by atoms with E-state index in [0.717, 1.165) is 32.4 Å². The summed E-state index contributed by atoms with van der Waals surface area (Å²) in [5.74, 6) is 0.656. The Labute approximate surface area is 151 Å². The average Bonchev–Trinajstić information content (AvgIpc) is 3.11. The summed E-state index contributed by atoms with van der Waals surface area (Å²) in [6.07, 6.45) is 4.19. The standard InChI is InChI=1S/C21H32N2O2/c1-16(18-8-6-5-7-9-18)23-13-10-17(15-23)14-21(11-12-21)22-19(24)25-20(2,3)4/h5-9,16-17H,10-15H2,1-4H3,(H,22,24). The second-order valence-electron chi connectivity index (χ2n) is 8.85. The fourth-order valence-electron chi connectivity index (χ4n) is 3.93. The van der Waals surface area contributed by atoms with Gasteiger partial charge in [-0.1, -0.05) is 30.3 Å². The van der Waals surface area contributed by atoms with Crippen molar-refractivity contribution in [2.45, 2.75) is 70.6 Å². The highest BCUT2D eigenvalue weighted by atomic mass is 16.6. The van der Waals surface area contributed by atoms with Gasteiger partial charge in [0.25, 0.3) is 0 Å². The lowest BCUT2D eigenvalue weighted by Crippen LogP contribution is -2.42. The molecule has 1 aromatic rings. The molecule has 2 fully saturated rings. The number of rotatable bonds is 5. The van der Waals surface area contributed by atoms with Gasteiger partial charge in [0, 0.05) is 18.1 Å². The van der Waals surface area contributed by atoms with Crippen LogP contribution in [0, 0.1) is 5.92 Å². The number of nitrogens with one attached hydrogen (secondary N) is 1. The summed E-state index contributed by atoms with van der Waals surface area (Å²) >= 11 is 0. The SMILES string of the molecule is CC(c1ccccc1)N1CCC(CC2(NC(=O)OC(C)(C)C)CC2)C1. The number of alkyl carbamates (subject to hydrolysis) is 1. The second kappa shape index (κ2) is 6.99. The van der Waals surface area contributed by atoms with Crippen LogP contribution < -0.4 is 5.32 Å². The minimum Gasteiger partial charge on any atom is -0.444 e. The smallest absolute Gasteiger partial charge is 0.408 e. The minimum absolute atomic E-state index is 0.0149. The van der Waals surface area contributed by atoms with E-state index in [1.54, 1.807) is 0 Å². The molecule has 0 radical (unpaired) electrons. The number of hydrogen-bond donors (Lipinski definition) is 1. The van der Waals surface area contributed by atoms with Crippen LogP contribution in [0.1, 0.15) is 65.0 Å². The molecule has 1 saturated carbocycles. The van der Waals surface area contributed by atoms with Gasteiger partial charge in [-0.15, -0.1) is 0 Å². The third-order valence-electron chi connectivity index (χ3n) is 5.45. The highest BCUT2D eigenvalue weighted by Crippen LogP contribution is 2.44. The van der Waals surface area contributed by atoms with Crippen molar-refractivity contribution in [2.75, 3.05) is 13.1 Å². The highest BCUT2D eigenvalue weighted by molar-refractivity contribution is 5.69. The van der Waals surface area contributed by atoms with Crippen LogP contribution in [0.3, 0.4) is 0 Å². The lowest BCUT2D eigenvalue weighted by molar-refractivity contribution is 0.0488. The first-order chi connectivity index (χ1) is 11.8. The monoisotopic (exact) mass is 344 g/mol. The number of ether oxygens (including phenoxy) is 1. The molecule has 4 heteroatoms. The first kappa shape index (κ1) is 18.2. The first-order valence-corrected chi connectivity index (χ1v) is 9.57. The number of hydrogen-bond acceptors (Lipinski definition) is 3. The van der Waals surface area contributed by atoms with Gasteiger partial charge >= 0.3 is 6.09 Å². The molecule has 0 spiro atoms. The lowest BCUT2D eigenvalue weighted by Gasteiger charge is -2.27. The molecule has 0 bridgehead atoms. The number of benzene rings is 1. The molecule has 0 aromatic heterocycles. The molecular weight excluding hydrogens is 312 g/mol. The van der Waals surface area contributed by atoms with Crippen molar-refractivity contribution in [3.63, 3.8) is 0 Å². The third kappa shape index (κ3) is 4.97. The van der Waals surface area contributed by atoms with Gasteiger partial charge < -0.3 is 10.1 Å². The van der Waals surface area contributed by atoms with Gasteiger partial charge in [0.05, 0.1) is 0 Å². The molecule has 1 aliphatic carbocycles. The summed E-state index contributed by atoms with van der Waals surface area (Å²) < 4.78 is 5.43. The van der Waals surface area contributed by atoms with Crippen LogP contribution in [0.15, 0.2) is 30.3 Å². The number of nitrogens with zero attached hydrogens (tertiary/aromatic N) is 1. The molecule has 1 saturated heterocycles. The Morgan fingerprint density at radius 3 is 2.60 bits per heavy atom. The molecule has 1 aromatic carbocycles. The zero-order valence-electron chi connectivity index (χ0n) is 16.0. The minimum atomic E-state index is -0.435. The van der Waals surface area contributed by atoms with Gasteiger partial charge in [0.2, 0.25) is 0 Å². The van der Waals surface area contributed by atoms with Crippen molar-refractivity contribution in [1.29, 1.82) is 0 Å². The molecule has 138 valence electrons. The molecule has 3 rings (SSSR count). The average molecular weight is 344 g/mol. The summed E-state index contributed by atoms with van der Waals surface area (Å²) in [5, 5.41) is 3.15. The third-order valence-corrected chi connectivity index (χ3v) is 5.45. The quantitative estimate of drug-likeness (QED) is 0.854. The molecule has 2 atom stereocenters. The molecule has 25 heavy (non-hydrogen) atoms. The van der Waals surface area contributed by atoms with Crippen molar-refractivity contribution in [1.82, 2.24) is 10.2 Å². The van der Waals surface area contributed by atoms with Gasteiger partial charge in [-0.25, -0.2) is 4.79 Å². The Morgan fingerprint density at radius 2 is 2.00 bits per heavy atom. The van der Waals surface area contributed by atoms with E-state index in [0.29, 0.717) is 12.0 Å². The van der Waals surface area contributed by atoms with Gasteiger partial charge in [-0.3, -0.25) is 4.90 Å². The zero-order chi connectivity index (χ0) is 18.1. The van der Waals surface area contributed by atoms with Crippen molar-refractivity contribution >= 4 is 6.09 Å². The molecule has 1 heterocycles. The fraction of sp³-hybridized carbons (Fsp3) is 0.667. The van der Waals surface area contributed by atoms with Gasteiger partial charge in [-0.2, -0.15) is 0 Å². The van der Waals surface area contributed by atoms with Gasteiger partial charge in [-0.05, 0) is 71.4 Å². The zero-order valence-corrected chi connectivity index (χ0v) is 16.0. The van der Waals surface area contributed by atoms with E-state index in [4.69, 9.17) is 4.74 Å². The van der Waals surface area contributed by atoms with E-state index in [1.165, 1.54) is 12.0 Å². The maximum absolute atomic E-state index is 12.1. The van der Waals surface area contributed by atoms with Crippen molar-refractivity contribution in [3.8, 4) is 0 Å². The molecule has 1 N–H and O–H groups in total. The van der Waals surface area contributed by atoms with E-state index in [-0.39, 0.29) is 11.6 Å². The number of likely N-dealkylation sites (tertiary alicyclic amines) is 1. The highest BCUT2D eigenvalue weighted by Gasteiger charge is 2.47. The summed E-state index contributed by atoms with van der Waals surface area (Å²) in [6, 6.07) is 11.2. The van der Waals surface area contributed by atoms with E-state index in [1.807, 2.05) is 20.8 Å². The summed E-state index contributed by atoms with van der Waals surface area (Å²) in [6.45, 7) is 10.3. The molecule has 1 aliphatic heterocycles. The summed E-state index contributed by atoms with van der Waals surface area (Å²) in [5.41, 5.74) is 0.935. The molecular formula is C21H32N2O2. The van der Waals surface area contributed by atoms with Gasteiger partial charge in [0.1, 0.15) is 5.60 Å². The number of carbonyl (C=O) groups is 1. The molecule has 2 unspecified atom stereocenters. The molecule has 2 aliphatic rings. The number of carbonyl (C=O) groups excluding carboxylic acids is 1. The Bertz CT molecular complexity index is 590. The predicted octanol–water partition coefficient (Wildman–Crippen LogP) is 4.52. The fourth-order valence-corrected chi connectivity index (χ4v) is 3.93. The van der Waals surface area contributed by atoms with Crippen molar-refractivity contribution < 1.29 is 9.53 Å². The van der Waals surface area contributed by atoms with Crippen LogP contribution in [0.5, 0.6) is 0 Å². The first-order valence-electron chi connectivity index (χ1n) is 9.57. The normalized spacial score (nSPS) is 23.9. The van der Waals surface area contributed by atoms with Crippen molar-refractivity contribution in [2.24, 2.45) is 5.92 Å². The maximum atomic E-state index is 12.1. The van der Waals surface area contributed by atoms with Gasteiger partial charge in [0.15, 0.2) is 0 Å². The van der Waals surface area contributed by atoms with E-state index in [2.05, 4.69) is 47.5 Å². The topological polar surface area (TPSA) is 41.6 Å². The number of amides is 1. The largest absolute Gasteiger partial charge is 0.444 e. The van der Waals surface area contributed by atoms with Crippen LogP contribution in [0.2, 0.25) is 0 Å². The van der Waals surface area contributed by atoms with Crippen LogP contribution >= 0.6 is 0 Å². The van der Waals surface area contributed by atoms with Crippen molar-refractivity contribution in [3.05, 3.63) is 35.9 Å². The summed E-state index contributed by atoms with van der Waals surface area (Å²) in [4.78, 5) is 14.7. The van der Waals surface area contributed by atoms with Crippen LogP contribution in [-0.4, -0.2) is 35.2 Å². The van der Waals surface area contributed by atoms with Crippen LogP contribution in [0.25, 0.3) is 0 Å². The Balaban J connectivity index is 1.50. The van der Waals surface area contributed by atoms with E-state index >= 15 is 0 Å².